The normalized spacial score (nSPS) is 10.2. The first-order chi connectivity index (χ1) is 14.1. The number of para-hydroxylation sites is 2. The second kappa shape index (κ2) is 10.1. The molecule has 0 saturated carbocycles. The van der Waals surface area contributed by atoms with Gasteiger partial charge in [0.2, 0.25) is 0 Å². The molecule has 3 rings (SSSR count). The van der Waals surface area contributed by atoms with Crippen molar-refractivity contribution in [2.45, 2.75) is 6.42 Å². The standard InChI is InChI=1S/C24H25N3O2/c1-27(20-13-6-3-7-14-20)18-10-17-25-24(29)21-15-8-9-16-22(21)26-23(28)19-11-4-2-5-12-19/h2-9,11-16H,10,17-18H2,1H3,(H,25,29)(H,26,28). The summed E-state index contributed by atoms with van der Waals surface area (Å²) in [5, 5.41) is 5.77. The highest BCUT2D eigenvalue weighted by molar-refractivity contribution is 6.08. The summed E-state index contributed by atoms with van der Waals surface area (Å²) in [6, 6.07) is 26.1. The number of rotatable bonds is 8. The number of amides is 2. The molecule has 2 amide bonds. The topological polar surface area (TPSA) is 61.4 Å². The van der Waals surface area contributed by atoms with Crippen molar-refractivity contribution in [1.29, 1.82) is 0 Å². The second-order valence-corrected chi connectivity index (χ2v) is 6.73. The Morgan fingerprint density at radius 3 is 2.14 bits per heavy atom. The summed E-state index contributed by atoms with van der Waals surface area (Å²) in [5.74, 6) is -0.438. The molecule has 3 aromatic carbocycles. The Morgan fingerprint density at radius 2 is 1.41 bits per heavy atom. The summed E-state index contributed by atoms with van der Waals surface area (Å²) in [7, 11) is 2.03. The minimum absolute atomic E-state index is 0.198. The van der Waals surface area contributed by atoms with E-state index in [2.05, 4.69) is 27.7 Å². The predicted octanol–water partition coefficient (Wildman–Crippen LogP) is 4.20. The molecule has 0 radical (unpaired) electrons. The number of carbonyl (C=O) groups excluding carboxylic acids is 2. The van der Waals surface area contributed by atoms with Crippen LogP contribution in [0.15, 0.2) is 84.9 Å². The molecule has 2 N–H and O–H groups in total. The van der Waals surface area contributed by atoms with E-state index in [0.29, 0.717) is 23.4 Å². The lowest BCUT2D eigenvalue weighted by Crippen LogP contribution is -2.29. The van der Waals surface area contributed by atoms with Gasteiger partial charge in [0.25, 0.3) is 11.8 Å². The maximum atomic E-state index is 12.6. The first-order valence-corrected chi connectivity index (χ1v) is 9.65. The highest BCUT2D eigenvalue weighted by atomic mass is 16.2. The molecule has 0 aliphatic heterocycles. The molecule has 0 spiro atoms. The van der Waals surface area contributed by atoms with Crippen molar-refractivity contribution in [1.82, 2.24) is 5.32 Å². The number of anilines is 2. The highest BCUT2D eigenvalue weighted by Crippen LogP contribution is 2.16. The van der Waals surface area contributed by atoms with Crippen LogP contribution in [-0.4, -0.2) is 32.0 Å². The minimum Gasteiger partial charge on any atom is -0.375 e. The van der Waals surface area contributed by atoms with E-state index in [-0.39, 0.29) is 11.8 Å². The molecular formula is C24H25N3O2. The van der Waals surface area contributed by atoms with Gasteiger partial charge in [-0.15, -0.1) is 0 Å². The number of nitrogens with zero attached hydrogens (tertiary/aromatic N) is 1. The van der Waals surface area contributed by atoms with E-state index in [0.717, 1.165) is 18.7 Å². The van der Waals surface area contributed by atoms with Gasteiger partial charge >= 0.3 is 0 Å². The van der Waals surface area contributed by atoms with Crippen molar-refractivity contribution in [3.63, 3.8) is 0 Å². The van der Waals surface area contributed by atoms with Crippen molar-refractivity contribution in [2.24, 2.45) is 0 Å². The van der Waals surface area contributed by atoms with Gasteiger partial charge in [-0.1, -0.05) is 48.5 Å². The summed E-state index contributed by atoms with van der Waals surface area (Å²) in [6.45, 7) is 1.38. The zero-order chi connectivity index (χ0) is 20.5. The zero-order valence-electron chi connectivity index (χ0n) is 16.5. The predicted molar refractivity (Wildman–Crippen MR) is 117 cm³/mol. The molecule has 29 heavy (non-hydrogen) atoms. The fraction of sp³-hybridized carbons (Fsp3) is 0.167. The Hall–Kier alpha value is -3.60. The third kappa shape index (κ3) is 5.69. The van der Waals surface area contributed by atoms with E-state index in [1.165, 1.54) is 0 Å². The molecule has 0 aromatic heterocycles. The van der Waals surface area contributed by atoms with E-state index < -0.39 is 0 Å². The van der Waals surface area contributed by atoms with Gasteiger partial charge in [0.05, 0.1) is 11.3 Å². The SMILES string of the molecule is CN(CCCNC(=O)c1ccccc1NC(=O)c1ccccc1)c1ccccc1. The lowest BCUT2D eigenvalue weighted by molar-refractivity contribution is 0.0954. The minimum atomic E-state index is -0.240. The Balaban J connectivity index is 1.54. The summed E-state index contributed by atoms with van der Waals surface area (Å²) in [5.41, 5.74) is 2.65. The van der Waals surface area contributed by atoms with Crippen LogP contribution in [0.2, 0.25) is 0 Å². The van der Waals surface area contributed by atoms with Crippen LogP contribution >= 0.6 is 0 Å². The van der Waals surface area contributed by atoms with Gasteiger partial charge in [-0.05, 0) is 42.8 Å². The molecular weight excluding hydrogens is 362 g/mol. The fourth-order valence-electron chi connectivity index (χ4n) is 3.00. The van der Waals surface area contributed by atoms with E-state index in [1.807, 2.05) is 31.3 Å². The van der Waals surface area contributed by atoms with E-state index in [4.69, 9.17) is 0 Å². The Morgan fingerprint density at radius 1 is 0.793 bits per heavy atom. The van der Waals surface area contributed by atoms with E-state index in [9.17, 15) is 9.59 Å². The Kier molecular flexibility index (Phi) is 7.00. The molecule has 0 aliphatic rings. The van der Waals surface area contributed by atoms with Crippen molar-refractivity contribution in [2.75, 3.05) is 30.4 Å². The molecule has 3 aromatic rings. The quantitative estimate of drug-likeness (QED) is 0.570. The number of benzene rings is 3. The average Bonchev–Trinajstić information content (AvgIpc) is 2.78. The maximum Gasteiger partial charge on any atom is 0.255 e. The molecule has 0 fully saturated rings. The van der Waals surface area contributed by atoms with Crippen molar-refractivity contribution in [3.8, 4) is 0 Å². The number of nitrogens with one attached hydrogen (secondary N) is 2. The summed E-state index contributed by atoms with van der Waals surface area (Å²) < 4.78 is 0. The maximum absolute atomic E-state index is 12.6. The lowest BCUT2D eigenvalue weighted by Gasteiger charge is -2.19. The summed E-state index contributed by atoms with van der Waals surface area (Å²) in [6.07, 6.45) is 0.815. The van der Waals surface area contributed by atoms with Crippen LogP contribution in [0.25, 0.3) is 0 Å². The third-order valence-electron chi connectivity index (χ3n) is 4.61. The van der Waals surface area contributed by atoms with Crippen LogP contribution in [0.3, 0.4) is 0 Å². The molecule has 0 atom stereocenters. The van der Waals surface area contributed by atoms with Crippen LogP contribution in [0, 0.1) is 0 Å². The fourth-order valence-corrected chi connectivity index (χ4v) is 3.00. The Labute approximate surface area is 171 Å². The Bertz CT molecular complexity index is 943. The van der Waals surface area contributed by atoms with Gasteiger partial charge in [0.15, 0.2) is 0 Å². The van der Waals surface area contributed by atoms with Crippen LogP contribution in [-0.2, 0) is 0 Å². The van der Waals surface area contributed by atoms with Gasteiger partial charge in [-0.2, -0.15) is 0 Å². The van der Waals surface area contributed by atoms with Gasteiger partial charge in [0, 0.05) is 31.4 Å². The highest BCUT2D eigenvalue weighted by Gasteiger charge is 2.13. The molecule has 0 bridgehead atoms. The van der Waals surface area contributed by atoms with Crippen molar-refractivity contribution >= 4 is 23.2 Å². The van der Waals surface area contributed by atoms with Crippen LogP contribution in [0.5, 0.6) is 0 Å². The van der Waals surface area contributed by atoms with Crippen molar-refractivity contribution in [3.05, 3.63) is 96.1 Å². The molecule has 0 heterocycles. The molecule has 0 saturated heterocycles. The molecule has 5 nitrogen and oxygen atoms in total. The van der Waals surface area contributed by atoms with Gasteiger partial charge in [-0.25, -0.2) is 0 Å². The second-order valence-electron chi connectivity index (χ2n) is 6.73. The summed E-state index contributed by atoms with van der Waals surface area (Å²) >= 11 is 0. The van der Waals surface area contributed by atoms with E-state index in [1.54, 1.807) is 48.5 Å². The van der Waals surface area contributed by atoms with Gasteiger partial charge < -0.3 is 15.5 Å². The van der Waals surface area contributed by atoms with Crippen LogP contribution < -0.4 is 15.5 Å². The molecule has 5 heteroatoms. The van der Waals surface area contributed by atoms with Gasteiger partial charge in [-0.3, -0.25) is 9.59 Å². The first kappa shape index (κ1) is 20.1. The number of hydrogen-bond donors (Lipinski definition) is 2. The summed E-state index contributed by atoms with van der Waals surface area (Å²) in [4.78, 5) is 27.2. The number of carbonyl (C=O) groups is 2. The van der Waals surface area contributed by atoms with Crippen LogP contribution in [0.1, 0.15) is 27.1 Å². The third-order valence-corrected chi connectivity index (χ3v) is 4.61. The molecule has 148 valence electrons. The van der Waals surface area contributed by atoms with E-state index >= 15 is 0 Å². The first-order valence-electron chi connectivity index (χ1n) is 9.65. The largest absolute Gasteiger partial charge is 0.375 e. The zero-order valence-corrected chi connectivity index (χ0v) is 16.5. The van der Waals surface area contributed by atoms with Crippen LogP contribution in [0.4, 0.5) is 11.4 Å². The number of hydrogen-bond acceptors (Lipinski definition) is 3. The van der Waals surface area contributed by atoms with Crippen molar-refractivity contribution < 1.29 is 9.59 Å². The smallest absolute Gasteiger partial charge is 0.255 e. The average molecular weight is 387 g/mol. The molecule has 0 aliphatic carbocycles. The van der Waals surface area contributed by atoms with Gasteiger partial charge in [0.1, 0.15) is 0 Å². The molecule has 0 unspecified atom stereocenters. The monoisotopic (exact) mass is 387 g/mol. The lowest BCUT2D eigenvalue weighted by atomic mass is 10.1.